The Morgan fingerprint density at radius 1 is 1.03 bits per heavy atom. The van der Waals surface area contributed by atoms with Gasteiger partial charge in [-0.25, -0.2) is 4.99 Å². The lowest BCUT2D eigenvalue weighted by atomic mass is 10.1. The van der Waals surface area contributed by atoms with Crippen LogP contribution in [0.5, 0.6) is 5.75 Å². The van der Waals surface area contributed by atoms with Crippen LogP contribution in [-0.2, 0) is 4.79 Å². The average molecular weight is 447 g/mol. The number of aliphatic imine (C=N–C) groups is 1. The lowest BCUT2D eigenvalue weighted by molar-refractivity contribution is -0.113. The van der Waals surface area contributed by atoms with E-state index in [1.807, 2.05) is 60.7 Å². The minimum atomic E-state index is -0.152. The number of hydrogen-bond donors (Lipinski definition) is 0. The Morgan fingerprint density at radius 3 is 2.45 bits per heavy atom. The maximum atomic E-state index is 13.4. The van der Waals surface area contributed by atoms with Crippen molar-refractivity contribution in [3.8, 4) is 5.75 Å². The Bertz CT molecular complexity index is 1160. The van der Waals surface area contributed by atoms with Gasteiger partial charge in [0.15, 0.2) is 5.17 Å². The van der Waals surface area contributed by atoms with E-state index >= 15 is 0 Å². The fraction of sp³-hybridized carbons (Fsp3) is 0.0400. The predicted octanol–water partition coefficient (Wildman–Crippen LogP) is 6.71. The van der Waals surface area contributed by atoms with Crippen molar-refractivity contribution in [2.75, 3.05) is 11.5 Å². The van der Waals surface area contributed by atoms with Gasteiger partial charge in [-0.15, -0.1) is 0 Å². The molecule has 0 saturated carbocycles. The highest BCUT2D eigenvalue weighted by atomic mass is 35.5. The molecule has 6 heteroatoms. The molecule has 0 spiro atoms. The number of carbonyl (C=O) groups excluding carboxylic acids is 1. The number of benzene rings is 3. The number of amidine groups is 1. The highest BCUT2D eigenvalue weighted by molar-refractivity contribution is 8.19. The summed E-state index contributed by atoms with van der Waals surface area (Å²) in [5.74, 6) is 0.477. The predicted molar refractivity (Wildman–Crippen MR) is 130 cm³/mol. The number of amides is 1. The lowest BCUT2D eigenvalue weighted by Crippen LogP contribution is -2.28. The molecule has 1 saturated heterocycles. The van der Waals surface area contributed by atoms with Crippen molar-refractivity contribution < 1.29 is 9.53 Å². The van der Waals surface area contributed by atoms with Crippen molar-refractivity contribution >= 4 is 51.9 Å². The standard InChI is InChI=1S/C25H19ClN2O2S/c1-2-15-30-22-14-13-19(26)16-18(22)17-23-24(29)28(21-11-7-4-8-12-21)25(31-23)27-20-9-5-3-6-10-20/h2-14,16-17H,1,15H2/b23-17+,27-25?. The van der Waals surface area contributed by atoms with E-state index in [-0.39, 0.29) is 5.91 Å². The minimum absolute atomic E-state index is 0.152. The molecule has 4 nitrogen and oxygen atoms in total. The zero-order valence-electron chi connectivity index (χ0n) is 16.6. The van der Waals surface area contributed by atoms with Crippen molar-refractivity contribution in [1.82, 2.24) is 0 Å². The Balaban J connectivity index is 1.77. The van der Waals surface area contributed by atoms with E-state index in [2.05, 4.69) is 6.58 Å². The third kappa shape index (κ3) is 4.90. The highest BCUT2D eigenvalue weighted by Crippen LogP contribution is 2.38. The zero-order valence-corrected chi connectivity index (χ0v) is 18.1. The zero-order chi connectivity index (χ0) is 21.6. The fourth-order valence-electron chi connectivity index (χ4n) is 3.02. The molecule has 31 heavy (non-hydrogen) atoms. The summed E-state index contributed by atoms with van der Waals surface area (Å²) in [5.41, 5.74) is 2.25. The second-order valence-electron chi connectivity index (χ2n) is 6.60. The van der Waals surface area contributed by atoms with Gasteiger partial charge in [0.05, 0.1) is 16.3 Å². The van der Waals surface area contributed by atoms with Crippen molar-refractivity contribution in [3.63, 3.8) is 0 Å². The Kier molecular flexibility index (Phi) is 6.55. The van der Waals surface area contributed by atoms with Gasteiger partial charge in [0.1, 0.15) is 12.4 Å². The van der Waals surface area contributed by atoms with Crippen LogP contribution in [0.1, 0.15) is 5.56 Å². The molecule has 0 radical (unpaired) electrons. The summed E-state index contributed by atoms with van der Waals surface area (Å²) in [4.78, 5) is 20.3. The summed E-state index contributed by atoms with van der Waals surface area (Å²) >= 11 is 7.52. The van der Waals surface area contributed by atoms with E-state index in [4.69, 9.17) is 21.3 Å². The number of halogens is 1. The number of anilines is 1. The first kappa shape index (κ1) is 21.0. The summed E-state index contributed by atoms with van der Waals surface area (Å²) in [7, 11) is 0. The molecule has 1 amide bonds. The first-order chi connectivity index (χ1) is 15.2. The van der Waals surface area contributed by atoms with Gasteiger partial charge < -0.3 is 4.74 Å². The number of rotatable bonds is 6. The van der Waals surface area contributed by atoms with Crippen LogP contribution in [-0.4, -0.2) is 17.7 Å². The van der Waals surface area contributed by atoms with Crippen molar-refractivity contribution in [1.29, 1.82) is 0 Å². The number of nitrogens with zero attached hydrogens (tertiary/aromatic N) is 2. The molecule has 1 heterocycles. The van der Waals surface area contributed by atoms with Gasteiger partial charge in [-0.2, -0.15) is 0 Å². The SMILES string of the molecule is C=CCOc1ccc(Cl)cc1/C=C1/SC(=Nc2ccccc2)N(c2ccccc2)C1=O. The van der Waals surface area contributed by atoms with Gasteiger partial charge >= 0.3 is 0 Å². The van der Waals surface area contributed by atoms with Gasteiger partial charge in [-0.05, 0) is 60.3 Å². The topological polar surface area (TPSA) is 41.9 Å². The van der Waals surface area contributed by atoms with Crippen molar-refractivity contribution in [2.24, 2.45) is 4.99 Å². The van der Waals surface area contributed by atoms with Gasteiger partial charge in [-0.3, -0.25) is 9.69 Å². The van der Waals surface area contributed by atoms with Crippen LogP contribution in [0.25, 0.3) is 6.08 Å². The van der Waals surface area contributed by atoms with Crippen LogP contribution in [0.4, 0.5) is 11.4 Å². The van der Waals surface area contributed by atoms with Crippen LogP contribution in [0.3, 0.4) is 0 Å². The average Bonchev–Trinajstić information content (AvgIpc) is 3.09. The summed E-state index contributed by atoms with van der Waals surface area (Å²) in [6, 6.07) is 24.4. The third-order valence-electron chi connectivity index (χ3n) is 4.42. The van der Waals surface area contributed by atoms with E-state index in [0.717, 1.165) is 16.9 Å². The molecule has 0 bridgehead atoms. The number of thioether (sulfide) groups is 1. The molecular formula is C25H19ClN2O2S. The molecule has 0 atom stereocenters. The Morgan fingerprint density at radius 2 is 1.74 bits per heavy atom. The normalized spacial score (nSPS) is 16.2. The van der Waals surface area contributed by atoms with E-state index in [1.165, 1.54) is 11.8 Å². The number of carbonyl (C=O) groups is 1. The minimum Gasteiger partial charge on any atom is -0.489 e. The first-order valence-electron chi connectivity index (χ1n) is 9.62. The smallest absolute Gasteiger partial charge is 0.271 e. The van der Waals surface area contributed by atoms with Crippen LogP contribution in [0.2, 0.25) is 5.02 Å². The summed E-state index contributed by atoms with van der Waals surface area (Å²) < 4.78 is 5.74. The molecule has 1 aliphatic heterocycles. The maximum absolute atomic E-state index is 13.4. The number of hydrogen-bond acceptors (Lipinski definition) is 4. The molecule has 3 aromatic carbocycles. The quantitative estimate of drug-likeness (QED) is 0.312. The molecule has 0 N–H and O–H groups in total. The first-order valence-corrected chi connectivity index (χ1v) is 10.8. The van der Waals surface area contributed by atoms with Crippen molar-refractivity contribution in [2.45, 2.75) is 0 Å². The number of ether oxygens (including phenoxy) is 1. The second kappa shape index (κ2) is 9.69. The van der Waals surface area contributed by atoms with Gasteiger partial charge in [0.25, 0.3) is 5.91 Å². The van der Waals surface area contributed by atoms with Gasteiger partial charge in [0.2, 0.25) is 0 Å². The van der Waals surface area contributed by atoms with Crippen LogP contribution < -0.4 is 9.64 Å². The van der Waals surface area contributed by atoms with Crippen molar-refractivity contribution in [3.05, 3.63) is 107 Å². The van der Waals surface area contributed by atoms with Crippen LogP contribution in [0, 0.1) is 0 Å². The van der Waals surface area contributed by atoms with E-state index in [0.29, 0.717) is 27.5 Å². The molecular weight excluding hydrogens is 428 g/mol. The van der Waals surface area contributed by atoms with Crippen LogP contribution in [0.15, 0.2) is 101 Å². The Labute approximate surface area is 190 Å². The molecule has 1 fully saturated rings. The summed E-state index contributed by atoms with van der Waals surface area (Å²) in [6.45, 7) is 4.04. The molecule has 4 rings (SSSR count). The highest BCUT2D eigenvalue weighted by Gasteiger charge is 2.34. The fourth-order valence-corrected chi connectivity index (χ4v) is 4.19. The maximum Gasteiger partial charge on any atom is 0.271 e. The van der Waals surface area contributed by atoms with E-state index < -0.39 is 0 Å². The van der Waals surface area contributed by atoms with E-state index in [1.54, 1.807) is 35.3 Å². The Hall–Kier alpha value is -3.28. The van der Waals surface area contributed by atoms with Gasteiger partial charge in [-0.1, -0.05) is 60.7 Å². The summed E-state index contributed by atoms with van der Waals surface area (Å²) in [5, 5.41) is 1.15. The van der Waals surface area contributed by atoms with E-state index in [9.17, 15) is 4.79 Å². The molecule has 0 aromatic heterocycles. The van der Waals surface area contributed by atoms with Gasteiger partial charge in [0, 0.05) is 10.6 Å². The molecule has 154 valence electrons. The second-order valence-corrected chi connectivity index (χ2v) is 8.04. The summed E-state index contributed by atoms with van der Waals surface area (Å²) in [6.07, 6.45) is 3.46. The largest absolute Gasteiger partial charge is 0.489 e. The van der Waals surface area contributed by atoms with Crippen LogP contribution >= 0.6 is 23.4 Å². The monoisotopic (exact) mass is 446 g/mol. The molecule has 1 aliphatic rings. The lowest BCUT2D eigenvalue weighted by Gasteiger charge is -2.15. The molecule has 0 aliphatic carbocycles. The molecule has 0 unspecified atom stereocenters. The molecule has 3 aromatic rings. The number of para-hydroxylation sites is 2. The third-order valence-corrected chi connectivity index (χ3v) is 5.62.